The summed E-state index contributed by atoms with van der Waals surface area (Å²) in [7, 11) is 0. The van der Waals surface area contributed by atoms with Gasteiger partial charge in [-0.1, -0.05) is 0 Å². The van der Waals surface area contributed by atoms with E-state index in [2.05, 4.69) is 14.5 Å². The third-order valence-corrected chi connectivity index (χ3v) is 3.05. The summed E-state index contributed by atoms with van der Waals surface area (Å²) in [6.07, 6.45) is 10.1. The molecular formula is C12H14N4. The molecule has 0 aromatic carbocycles. The van der Waals surface area contributed by atoms with Crippen LogP contribution < -0.4 is 5.73 Å². The van der Waals surface area contributed by atoms with Gasteiger partial charge in [-0.05, 0) is 31.7 Å². The van der Waals surface area contributed by atoms with Crippen molar-refractivity contribution in [2.75, 3.05) is 5.73 Å². The fraction of sp³-hybridized carbons (Fsp3) is 0.333. The molecule has 4 heteroatoms. The minimum absolute atomic E-state index is 0.691. The number of fused-ring (bicyclic) bond motifs is 1. The van der Waals surface area contributed by atoms with Crippen molar-refractivity contribution in [3.05, 3.63) is 36.2 Å². The lowest BCUT2D eigenvalue weighted by atomic mass is 10.0. The molecule has 1 aliphatic carbocycles. The standard InChI is InChI=1S/C12H14N4/c13-9-5-10(7-14-6-9)16-8-15-11-3-1-2-4-12(11)16/h5-8H,1-4,13H2. The monoisotopic (exact) mass is 214 g/mol. The van der Waals surface area contributed by atoms with E-state index in [0.717, 1.165) is 18.5 Å². The van der Waals surface area contributed by atoms with Gasteiger partial charge in [-0.15, -0.1) is 0 Å². The summed E-state index contributed by atoms with van der Waals surface area (Å²) < 4.78 is 2.11. The Balaban J connectivity index is 2.09. The largest absolute Gasteiger partial charge is 0.397 e. The predicted octanol–water partition coefficient (Wildman–Crippen LogP) is 1.73. The zero-order valence-electron chi connectivity index (χ0n) is 9.06. The zero-order valence-corrected chi connectivity index (χ0v) is 9.06. The lowest BCUT2D eigenvalue weighted by Gasteiger charge is -2.13. The molecule has 0 bridgehead atoms. The fourth-order valence-electron chi connectivity index (χ4n) is 2.27. The summed E-state index contributed by atoms with van der Waals surface area (Å²) >= 11 is 0. The van der Waals surface area contributed by atoms with Gasteiger partial charge in [-0.25, -0.2) is 4.98 Å². The van der Waals surface area contributed by atoms with E-state index >= 15 is 0 Å². The van der Waals surface area contributed by atoms with Crippen LogP contribution in [0.15, 0.2) is 24.8 Å². The van der Waals surface area contributed by atoms with E-state index in [4.69, 9.17) is 5.73 Å². The second-order valence-electron chi connectivity index (χ2n) is 4.19. The van der Waals surface area contributed by atoms with Crippen molar-refractivity contribution >= 4 is 5.69 Å². The van der Waals surface area contributed by atoms with E-state index in [1.165, 1.54) is 24.2 Å². The number of pyridine rings is 1. The van der Waals surface area contributed by atoms with Crippen LogP contribution in [0.1, 0.15) is 24.2 Å². The Morgan fingerprint density at radius 3 is 2.94 bits per heavy atom. The SMILES string of the molecule is Nc1cncc(-n2cnc3c2CCCC3)c1. The van der Waals surface area contributed by atoms with Crippen LogP contribution in [0.2, 0.25) is 0 Å². The molecule has 0 atom stereocenters. The Morgan fingerprint density at radius 1 is 1.19 bits per heavy atom. The minimum Gasteiger partial charge on any atom is -0.397 e. The molecule has 2 heterocycles. The van der Waals surface area contributed by atoms with E-state index in [1.54, 1.807) is 6.20 Å². The first-order chi connectivity index (χ1) is 7.84. The fourth-order valence-corrected chi connectivity index (χ4v) is 2.27. The third-order valence-electron chi connectivity index (χ3n) is 3.05. The van der Waals surface area contributed by atoms with Gasteiger partial charge in [0.25, 0.3) is 0 Å². The molecule has 16 heavy (non-hydrogen) atoms. The van der Waals surface area contributed by atoms with E-state index in [9.17, 15) is 0 Å². The molecule has 0 radical (unpaired) electrons. The molecule has 1 aliphatic rings. The Morgan fingerprint density at radius 2 is 2.06 bits per heavy atom. The molecule has 0 amide bonds. The number of hydrogen-bond acceptors (Lipinski definition) is 3. The Kier molecular flexibility index (Phi) is 2.13. The lowest BCUT2D eigenvalue weighted by molar-refractivity contribution is 0.656. The number of rotatable bonds is 1. The predicted molar refractivity (Wildman–Crippen MR) is 62.4 cm³/mol. The van der Waals surface area contributed by atoms with Crippen LogP contribution in [-0.4, -0.2) is 14.5 Å². The number of imidazole rings is 1. The highest BCUT2D eigenvalue weighted by molar-refractivity contribution is 5.45. The second-order valence-corrected chi connectivity index (χ2v) is 4.19. The first-order valence-electron chi connectivity index (χ1n) is 5.60. The normalized spacial score (nSPS) is 14.8. The molecule has 0 spiro atoms. The summed E-state index contributed by atoms with van der Waals surface area (Å²) in [6.45, 7) is 0. The smallest absolute Gasteiger partial charge is 0.0998 e. The van der Waals surface area contributed by atoms with Crippen LogP contribution in [-0.2, 0) is 12.8 Å². The van der Waals surface area contributed by atoms with Crippen LogP contribution in [0, 0.1) is 0 Å². The average Bonchev–Trinajstić information content (AvgIpc) is 2.72. The van der Waals surface area contributed by atoms with E-state index in [-0.39, 0.29) is 0 Å². The van der Waals surface area contributed by atoms with Gasteiger partial charge >= 0.3 is 0 Å². The molecule has 4 nitrogen and oxygen atoms in total. The second kappa shape index (κ2) is 3.63. The van der Waals surface area contributed by atoms with Crippen LogP contribution >= 0.6 is 0 Å². The number of aromatic nitrogens is 3. The van der Waals surface area contributed by atoms with Crippen LogP contribution in [0.5, 0.6) is 0 Å². The van der Waals surface area contributed by atoms with Gasteiger partial charge in [0.15, 0.2) is 0 Å². The molecule has 0 saturated carbocycles. The molecule has 0 aliphatic heterocycles. The van der Waals surface area contributed by atoms with E-state index in [0.29, 0.717) is 5.69 Å². The number of hydrogen-bond donors (Lipinski definition) is 1. The molecule has 2 aromatic heterocycles. The quantitative estimate of drug-likeness (QED) is 0.786. The maximum absolute atomic E-state index is 5.74. The number of anilines is 1. The Labute approximate surface area is 94.1 Å². The van der Waals surface area contributed by atoms with Gasteiger partial charge in [0.1, 0.15) is 0 Å². The lowest BCUT2D eigenvalue weighted by Crippen LogP contribution is -2.07. The first kappa shape index (κ1) is 9.39. The maximum Gasteiger partial charge on any atom is 0.0998 e. The van der Waals surface area contributed by atoms with Gasteiger partial charge in [0.2, 0.25) is 0 Å². The van der Waals surface area contributed by atoms with Gasteiger partial charge in [0.05, 0.1) is 29.6 Å². The highest BCUT2D eigenvalue weighted by atomic mass is 15.1. The average molecular weight is 214 g/mol. The first-order valence-corrected chi connectivity index (χ1v) is 5.60. The zero-order chi connectivity index (χ0) is 11.0. The highest BCUT2D eigenvalue weighted by Gasteiger charge is 2.15. The summed E-state index contributed by atoms with van der Waals surface area (Å²) in [5.41, 5.74) is 9.99. The van der Waals surface area contributed by atoms with Crippen molar-refractivity contribution in [2.45, 2.75) is 25.7 Å². The van der Waals surface area contributed by atoms with Gasteiger partial charge in [-0.2, -0.15) is 0 Å². The third kappa shape index (κ3) is 1.46. The number of nitrogen functional groups attached to an aromatic ring is 1. The van der Waals surface area contributed by atoms with Crippen molar-refractivity contribution in [1.82, 2.24) is 14.5 Å². The summed E-state index contributed by atoms with van der Waals surface area (Å²) in [5.74, 6) is 0. The van der Waals surface area contributed by atoms with E-state index < -0.39 is 0 Å². The van der Waals surface area contributed by atoms with Gasteiger partial charge in [0, 0.05) is 11.9 Å². The molecule has 2 N–H and O–H groups in total. The van der Waals surface area contributed by atoms with Gasteiger partial charge in [-0.3, -0.25) is 4.98 Å². The number of nitrogens with zero attached hydrogens (tertiary/aromatic N) is 3. The Hall–Kier alpha value is -1.84. The van der Waals surface area contributed by atoms with Crippen LogP contribution in [0.25, 0.3) is 5.69 Å². The van der Waals surface area contributed by atoms with Crippen molar-refractivity contribution in [1.29, 1.82) is 0 Å². The van der Waals surface area contributed by atoms with Crippen molar-refractivity contribution in [2.24, 2.45) is 0 Å². The van der Waals surface area contributed by atoms with E-state index in [1.807, 2.05) is 18.6 Å². The number of aryl methyl sites for hydroxylation is 1. The Bertz CT molecular complexity index is 515. The summed E-state index contributed by atoms with van der Waals surface area (Å²) in [6, 6.07) is 1.93. The summed E-state index contributed by atoms with van der Waals surface area (Å²) in [4.78, 5) is 8.57. The molecule has 3 rings (SSSR count). The topological polar surface area (TPSA) is 56.7 Å². The molecule has 0 unspecified atom stereocenters. The molecule has 82 valence electrons. The van der Waals surface area contributed by atoms with Gasteiger partial charge < -0.3 is 10.3 Å². The van der Waals surface area contributed by atoms with Crippen molar-refractivity contribution in [3.8, 4) is 5.69 Å². The maximum atomic E-state index is 5.74. The molecule has 0 saturated heterocycles. The molecular weight excluding hydrogens is 200 g/mol. The summed E-state index contributed by atoms with van der Waals surface area (Å²) in [5, 5.41) is 0. The van der Waals surface area contributed by atoms with Crippen molar-refractivity contribution < 1.29 is 0 Å². The number of nitrogens with two attached hydrogens (primary N) is 1. The highest BCUT2D eigenvalue weighted by Crippen LogP contribution is 2.23. The molecule has 2 aromatic rings. The van der Waals surface area contributed by atoms with Crippen LogP contribution in [0.4, 0.5) is 5.69 Å². The van der Waals surface area contributed by atoms with Crippen molar-refractivity contribution in [3.63, 3.8) is 0 Å². The molecule has 0 fully saturated rings. The minimum atomic E-state index is 0.691. The van der Waals surface area contributed by atoms with Crippen LogP contribution in [0.3, 0.4) is 0 Å².